The second-order valence-corrected chi connectivity index (χ2v) is 2.04. The third-order valence-corrected chi connectivity index (χ3v) is 1.41. The summed E-state index contributed by atoms with van der Waals surface area (Å²) in [5.41, 5.74) is 1.16. The first kappa shape index (κ1) is 6.93. The monoisotopic (exact) mass is 137 g/mol. The van der Waals surface area contributed by atoms with Crippen LogP contribution in [0.3, 0.4) is 0 Å². The minimum absolute atomic E-state index is 0.232. The van der Waals surface area contributed by atoms with Gasteiger partial charge in [-0.05, 0) is 25.8 Å². The molecule has 0 N–H and O–H groups in total. The van der Waals surface area contributed by atoms with E-state index >= 15 is 0 Å². The van der Waals surface area contributed by atoms with E-state index in [4.69, 9.17) is 0 Å². The molecule has 0 radical (unpaired) electrons. The Morgan fingerprint density at radius 1 is 1.50 bits per heavy atom. The molecule has 0 aliphatic carbocycles. The lowest BCUT2D eigenvalue weighted by Crippen LogP contribution is -1.79. The summed E-state index contributed by atoms with van der Waals surface area (Å²) in [5.74, 6) is -0.232. The van der Waals surface area contributed by atoms with E-state index in [1.807, 2.05) is 0 Å². The Kier molecular flexibility index (Phi) is 1.81. The average molecular weight is 137 g/mol. The third-order valence-electron chi connectivity index (χ3n) is 1.41. The summed E-state index contributed by atoms with van der Waals surface area (Å²) in [6.07, 6.45) is 0. The molecule has 1 aromatic carbocycles. The summed E-state index contributed by atoms with van der Waals surface area (Å²) in [6, 6.07) is 4.75. The highest BCUT2D eigenvalue weighted by Crippen LogP contribution is 2.19. The van der Waals surface area contributed by atoms with Gasteiger partial charge in [-0.25, -0.2) is 4.39 Å². The lowest BCUT2D eigenvalue weighted by atomic mass is 10.2. The predicted molar refractivity (Wildman–Crippen MR) is 40.3 cm³/mol. The van der Waals surface area contributed by atoms with Gasteiger partial charge in [0.05, 0.1) is 5.69 Å². The Labute approximate surface area is 59.2 Å². The number of hydrogen-bond acceptors (Lipinski definition) is 1. The Morgan fingerprint density at radius 2 is 2.20 bits per heavy atom. The molecule has 0 aliphatic rings. The van der Waals surface area contributed by atoms with Crippen LogP contribution < -0.4 is 0 Å². The van der Waals surface area contributed by atoms with Crippen molar-refractivity contribution in [3.63, 3.8) is 0 Å². The standard InChI is InChI=1S/C8H8FN/c1-6-7(9)4-3-5-8(6)10-2/h3-5H,2H2,1H3. The van der Waals surface area contributed by atoms with Gasteiger partial charge in [0.1, 0.15) is 5.82 Å². The van der Waals surface area contributed by atoms with Crippen molar-refractivity contribution >= 4 is 12.4 Å². The highest BCUT2D eigenvalue weighted by Gasteiger charge is 1.98. The van der Waals surface area contributed by atoms with Crippen molar-refractivity contribution in [1.82, 2.24) is 0 Å². The van der Waals surface area contributed by atoms with Gasteiger partial charge < -0.3 is 0 Å². The Hall–Kier alpha value is -1.18. The second kappa shape index (κ2) is 2.60. The van der Waals surface area contributed by atoms with Crippen molar-refractivity contribution in [2.24, 2.45) is 4.99 Å². The van der Waals surface area contributed by atoms with E-state index in [-0.39, 0.29) is 5.82 Å². The predicted octanol–water partition coefficient (Wildman–Crippen LogP) is 2.47. The van der Waals surface area contributed by atoms with Crippen molar-refractivity contribution in [2.45, 2.75) is 6.92 Å². The van der Waals surface area contributed by atoms with Gasteiger partial charge in [0.2, 0.25) is 0 Å². The molecule has 2 heteroatoms. The van der Waals surface area contributed by atoms with Gasteiger partial charge >= 0.3 is 0 Å². The molecule has 0 saturated heterocycles. The molecular formula is C8H8FN. The molecule has 1 rings (SSSR count). The number of benzene rings is 1. The fraction of sp³-hybridized carbons (Fsp3) is 0.125. The topological polar surface area (TPSA) is 12.4 Å². The van der Waals surface area contributed by atoms with E-state index in [1.165, 1.54) is 6.07 Å². The van der Waals surface area contributed by atoms with Crippen LogP contribution >= 0.6 is 0 Å². The van der Waals surface area contributed by atoms with Gasteiger partial charge in [0.25, 0.3) is 0 Å². The number of nitrogens with zero attached hydrogens (tertiary/aromatic N) is 1. The Bertz CT molecular complexity index is 255. The van der Waals surface area contributed by atoms with Gasteiger partial charge in [-0.3, -0.25) is 4.99 Å². The number of hydrogen-bond donors (Lipinski definition) is 0. The van der Waals surface area contributed by atoms with E-state index in [1.54, 1.807) is 19.1 Å². The van der Waals surface area contributed by atoms with Crippen LogP contribution in [-0.4, -0.2) is 6.72 Å². The maximum atomic E-state index is 12.7. The smallest absolute Gasteiger partial charge is 0.128 e. The maximum absolute atomic E-state index is 12.7. The van der Waals surface area contributed by atoms with Gasteiger partial charge in [-0.2, -0.15) is 0 Å². The van der Waals surface area contributed by atoms with Crippen LogP contribution in [0.1, 0.15) is 5.56 Å². The van der Waals surface area contributed by atoms with E-state index in [0.717, 1.165) is 0 Å². The van der Waals surface area contributed by atoms with Crippen LogP contribution in [0.25, 0.3) is 0 Å². The molecule has 0 saturated carbocycles. The van der Waals surface area contributed by atoms with Crippen molar-refractivity contribution in [1.29, 1.82) is 0 Å². The molecule has 0 bridgehead atoms. The number of aliphatic imine (C=N–C) groups is 1. The normalized spacial score (nSPS) is 9.40. The highest BCUT2D eigenvalue weighted by atomic mass is 19.1. The molecule has 0 atom stereocenters. The van der Waals surface area contributed by atoms with Crippen molar-refractivity contribution in [3.05, 3.63) is 29.6 Å². The molecule has 0 heterocycles. The maximum Gasteiger partial charge on any atom is 0.128 e. The summed E-state index contributed by atoms with van der Waals surface area (Å²) in [5, 5.41) is 0. The van der Waals surface area contributed by atoms with Crippen molar-refractivity contribution in [2.75, 3.05) is 0 Å². The van der Waals surface area contributed by atoms with Gasteiger partial charge in [0, 0.05) is 5.56 Å². The van der Waals surface area contributed by atoms with E-state index < -0.39 is 0 Å². The average Bonchev–Trinajstić information content (AvgIpc) is 1.95. The van der Waals surface area contributed by atoms with E-state index in [9.17, 15) is 4.39 Å². The van der Waals surface area contributed by atoms with Crippen LogP contribution in [0.4, 0.5) is 10.1 Å². The van der Waals surface area contributed by atoms with Crippen molar-refractivity contribution < 1.29 is 4.39 Å². The summed E-state index contributed by atoms with van der Waals surface area (Å²) in [4.78, 5) is 3.64. The van der Waals surface area contributed by atoms with E-state index in [2.05, 4.69) is 11.7 Å². The third kappa shape index (κ3) is 1.05. The molecule has 1 aromatic rings. The van der Waals surface area contributed by atoms with E-state index in [0.29, 0.717) is 11.3 Å². The molecule has 0 unspecified atom stereocenters. The van der Waals surface area contributed by atoms with Gasteiger partial charge in [0.15, 0.2) is 0 Å². The molecule has 1 nitrogen and oxygen atoms in total. The lowest BCUT2D eigenvalue weighted by molar-refractivity contribution is 0.619. The molecule has 10 heavy (non-hydrogen) atoms. The second-order valence-electron chi connectivity index (χ2n) is 2.04. The van der Waals surface area contributed by atoms with Gasteiger partial charge in [-0.15, -0.1) is 0 Å². The van der Waals surface area contributed by atoms with Crippen LogP contribution in [0.2, 0.25) is 0 Å². The van der Waals surface area contributed by atoms with Crippen LogP contribution in [0, 0.1) is 12.7 Å². The van der Waals surface area contributed by atoms with Gasteiger partial charge in [-0.1, -0.05) is 6.07 Å². The summed E-state index contributed by atoms with van der Waals surface area (Å²) < 4.78 is 12.7. The fourth-order valence-electron chi connectivity index (χ4n) is 0.767. The summed E-state index contributed by atoms with van der Waals surface area (Å²) in [7, 11) is 0. The van der Waals surface area contributed by atoms with Crippen LogP contribution in [0.15, 0.2) is 23.2 Å². The molecule has 0 aliphatic heterocycles. The molecule has 52 valence electrons. The van der Waals surface area contributed by atoms with Crippen molar-refractivity contribution in [3.8, 4) is 0 Å². The Balaban J connectivity index is 3.27. The fourth-order valence-corrected chi connectivity index (χ4v) is 0.767. The SMILES string of the molecule is C=Nc1cccc(F)c1C. The first-order valence-electron chi connectivity index (χ1n) is 2.97. The first-order chi connectivity index (χ1) is 4.75. The van der Waals surface area contributed by atoms with Crippen LogP contribution in [-0.2, 0) is 0 Å². The largest absolute Gasteiger partial charge is 0.264 e. The molecular weight excluding hydrogens is 129 g/mol. The number of halogens is 1. The number of rotatable bonds is 1. The summed E-state index contributed by atoms with van der Waals surface area (Å²) in [6.45, 7) is 5.00. The zero-order valence-corrected chi connectivity index (χ0v) is 5.76. The molecule has 0 spiro atoms. The quantitative estimate of drug-likeness (QED) is 0.527. The molecule has 0 aromatic heterocycles. The zero-order chi connectivity index (χ0) is 7.56. The van der Waals surface area contributed by atoms with Crippen LogP contribution in [0.5, 0.6) is 0 Å². The molecule has 0 amide bonds. The Morgan fingerprint density at radius 3 is 2.70 bits per heavy atom. The molecule has 0 fully saturated rings. The minimum atomic E-state index is -0.232. The highest BCUT2D eigenvalue weighted by molar-refractivity contribution is 5.50. The zero-order valence-electron chi connectivity index (χ0n) is 5.76. The first-order valence-corrected chi connectivity index (χ1v) is 2.97. The summed E-state index contributed by atoms with van der Waals surface area (Å²) >= 11 is 0. The lowest BCUT2D eigenvalue weighted by Gasteiger charge is -1.97. The minimum Gasteiger partial charge on any atom is -0.264 e.